The van der Waals surface area contributed by atoms with Crippen LogP contribution in [-0.4, -0.2) is 18.9 Å². The fourth-order valence-corrected chi connectivity index (χ4v) is 1.77. The van der Waals surface area contributed by atoms with E-state index in [-0.39, 0.29) is 0 Å². The highest BCUT2D eigenvalue weighted by atomic mass is 16.6. The van der Waals surface area contributed by atoms with Gasteiger partial charge in [-0.1, -0.05) is 17.3 Å². The van der Waals surface area contributed by atoms with Crippen molar-refractivity contribution in [1.29, 1.82) is 0 Å². The van der Waals surface area contributed by atoms with Gasteiger partial charge in [0.25, 0.3) is 0 Å². The molecule has 3 heteroatoms. The predicted molar refractivity (Wildman–Crippen MR) is 59.5 cm³/mol. The SMILES string of the molecule is CCO/N=C(/C)c1cccc2c1CCO2. The second-order valence-electron chi connectivity index (χ2n) is 3.48. The highest BCUT2D eigenvalue weighted by Crippen LogP contribution is 2.28. The molecule has 0 fully saturated rings. The van der Waals surface area contributed by atoms with Crippen molar-refractivity contribution in [2.24, 2.45) is 5.16 Å². The van der Waals surface area contributed by atoms with Crippen molar-refractivity contribution in [1.82, 2.24) is 0 Å². The van der Waals surface area contributed by atoms with Crippen LogP contribution in [0.5, 0.6) is 5.75 Å². The van der Waals surface area contributed by atoms with Gasteiger partial charge in [-0.15, -0.1) is 0 Å². The molecule has 0 N–H and O–H groups in total. The normalized spacial score (nSPS) is 14.7. The van der Waals surface area contributed by atoms with E-state index >= 15 is 0 Å². The molecule has 0 aromatic heterocycles. The summed E-state index contributed by atoms with van der Waals surface area (Å²) in [5.41, 5.74) is 3.30. The summed E-state index contributed by atoms with van der Waals surface area (Å²) in [6.45, 7) is 5.26. The molecule has 15 heavy (non-hydrogen) atoms. The number of hydrogen-bond acceptors (Lipinski definition) is 3. The zero-order valence-corrected chi connectivity index (χ0v) is 9.12. The molecule has 0 saturated heterocycles. The van der Waals surface area contributed by atoms with Crippen LogP contribution in [0.3, 0.4) is 0 Å². The average Bonchev–Trinajstić information content (AvgIpc) is 2.73. The second-order valence-corrected chi connectivity index (χ2v) is 3.48. The van der Waals surface area contributed by atoms with Crippen LogP contribution in [-0.2, 0) is 11.3 Å². The molecule has 1 aromatic rings. The van der Waals surface area contributed by atoms with Gasteiger partial charge >= 0.3 is 0 Å². The highest BCUT2D eigenvalue weighted by Gasteiger charge is 2.16. The maximum Gasteiger partial charge on any atom is 0.123 e. The van der Waals surface area contributed by atoms with Crippen LogP contribution in [0, 0.1) is 0 Å². The Morgan fingerprint density at radius 2 is 2.40 bits per heavy atom. The number of nitrogens with zero attached hydrogens (tertiary/aromatic N) is 1. The lowest BCUT2D eigenvalue weighted by molar-refractivity contribution is 0.159. The van der Waals surface area contributed by atoms with Crippen molar-refractivity contribution < 1.29 is 9.57 Å². The van der Waals surface area contributed by atoms with E-state index in [9.17, 15) is 0 Å². The van der Waals surface area contributed by atoms with Crippen LogP contribution in [0.15, 0.2) is 23.4 Å². The third-order valence-electron chi connectivity index (χ3n) is 2.46. The average molecular weight is 205 g/mol. The van der Waals surface area contributed by atoms with Gasteiger partial charge in [0.15, 0.2) is 0 Å². The minimum atomic E-state index is 0.600. The maximum absolute atomic E-state index is 5.50. The zero-order chi connectivity index (χ0) is 10.7. The molecule has 80 valence electrons. The molecular weight excluding hydrogens is 190 g/mol. The third kappa shape index (κ3) is 1.96. The van der Waals surface area contributed by atoms with E-state index in [1.54, 1.807) is 0 Å². The van der Waals surface area contributed by atoms with Crippen molar-refractivity contribution in [3.8, 4) is 5.75 Å². The lowest BCUT2D eigenvalue weighted by atomic mass is 10.0. The Balaban J connectivity index is 2.32. The molecule has 0 unspecified atom stereocenters. The van der Waals surface area contributed by atoms with Gasteiger partial charge in [0, 0.05) is 17.5 Å². The smallest absolute Gasteiger partial charge is 0.123 e. The molecule has 2 rings (SSSR count). The molecule has 3 nitrogen and oxygen atoms in total. The molecule has 0 atom stereocenters. The fraction of sp³-hybridized carbons (Fsp3) is 0.417. The minimum absolute atomic E-state index is 0.600. The summed E-state index contributed by atoms with van der Waals surface area (Å²) in [5.74, 6) is 0.985. The number of benzene rings is 1. The van der Waals surface area contributed by atoms with Gasteiger partial charge in [-0.2, -0.15) is 0 Å². The van der Waals surface area contributed by atoms with E-state index in [1.807, 2.05) is 26.0 Å². The number of oxime groups is 1. The summed E-state index contributed by atoms with van der Waals surface area (Å²) in [5, 5.41) is 4.05. The largest absolute Gasteiger partial charge is 0.493 e. The first-order valence-electron chi connectivity index (χ1n) is 5.24. The van der Waals surface area contributed by atoms with Crippen LogP contribution in [0.2, 0.25) is 0 Å². The Kier molecular flexibility index (Phi) is 2.90. The van der Waals surface area contributed by atoms with Crippen molar-refractivity contribution >= 4 is 5.71 Å². The van der Waals surface area contributed by atoms with Crippen molar-refractivity contribution in [3.63, 3.8) is 0 Å². The fourth-order valence-electron chi connectivity index (χ4n) is 1.77. The minimum Gasteiger partial charge on any atom is -0.493 e. The van der Waals surface area contributed by atoms with Crippen LogP contribution in [0.25, 0.3) is 0 Å². The summed E-state index contributed by atoms with van der Waals surface area (Å²) in [6, 6.07) is 6.05. The first-order valence-corrected chi connectivity index (χ1v) is 5.24. The van der Waals surface area contributed by atoms with Crippen LogP contribution >= 0.6 is 0 Å². The van der Waals surface area contributed by atoms with E-state index < -0.39 is 0 Å². The summed E-state index contributed by atoms with van der Waals surface area (Å²) >= 11 is 0. The van der Waals surface area contributed by atoms with Crippen molar-refractivity contribution in [3.05, 3.63) is 29.3 Å². The molecule has 1 aliphatic rings. The molecule has 0 aliphatic carbocycles. The monoisotopic (exact) mass is 205 g/mol. The molecule has 1 heterocycles. The molecule has 1 aromatic carbocycles. The molecule has 1 aliphatic heterocycles. The van der Waals surface area contributed by atoms with Gasteiger partial charge in [0.2, 0.25) is 0 Å². The van der Waals surface area contributed by atoms with Gasteiger partial charge in [-0.3, -0.25) is 0 Å². The van der Waals surface area contributed by atoms with Crippen molar-refractivity contribution in [2.75, 3.05) is 13.2 Å². The van der Waals surface area contributed by atoms with Gasteiger partial charge in [-0.05, 0) is 19.9 Å². The lowest BCUT2D eigenvalue weighted by Gasteiger charge is -2.05. The Morgan fingerprint density at radius 3 is 3.20 bits per heavy atom. The number of ether oxygens (including phenoxy) is 1. The lowest BCUT2D eigenvalue weighted by Crippen LogP contribution is -2.00. The standard InChI is InChI=1S/C12H15NO2/c1-3-15-13-9(2)10-5-4-6-12-11(10)7-8-14-12/h4-6H,3,7-8H2,1-2H3/b13-9-. The van der Waals surface area contributed by atoms with Crippen LogP contribution in [0.4, 0.5) is 0 Å². The predicted octanol–water partition coefficient (Wildman–Crippen LogP) is 2.38. The third-order valence-corrected chi connectivity index (χ3v) is 2.46. The van der Waals surface area contributed by atoms with E-state index in [1.165, 1.54) is 5.56 Å². The van der Waals surface area contributed by atoms with Gasteiger partial charge in [-0.25, -0.2) is 0 Å². The van der Waals surface area contributed by atoms with E-state index in [2.05, 4.69) is 11.2 Å². The Hall–Kier alpha value is -1.51. The summed E-state index contributed by atoms with van der Waals surface area (Å²) in [7, 11) is 0. The van der Waals surface area contributed by atoms with Crippen LogP contribution in [0.1, 0.15) is 25.0 Å². The molecular formula is C12H15NO2. The number of hydrogen-bond donors (Lipinski definition) is 0. The highest BCUT2D eigenvalue weighted by molar-refractivity contribution is 6.00. The zero-order valence-electron chi connectivity index (χ0n) is 9.12. The molecule has 0 bridgehead atoms. The number of fused-ring (bicyclic) bond motifs is 1. The molecule has 0 spiro atoms. The topological polar surface area (TPSA) is 30.8 Å². The Morgan fingerprint density at radius 1 is 1.53 bits per heavy atom. The second kappa shape index (κ2) is 4.34. The quantitative estimate of drug-likeness (QED) is 0.560. The van der Waals surface area contributed by atoms with Gasteiger partial charge in [0.05, 0.1) is 12.3 Å². The summed E-state index contributed by atoms with van der Waals surface area (Å²) in [4.78, 5) is 5.06. The van der Waals surface area contributed by atoms with Gasteiger partial charge in [0.1, 0.15) is 12.4 Å². The molecule has 0 saturated carbocycles. The van der Waals surface area contributed by atoms with Crippen molar-refractivity contribution in [2.45, 2.75) is 20.3 Å². The van der Waals surface area contributed by atoms with E-state index in [0.717, 1.165) is 30.1 Å². The first kappa shape index (κ1) is 10.0. The Bertz CT molecular complexity index is 385. The molecule has 0 radical (unpaired) electrons. The van der Waals surface area contributed by atoms with E-state index in [0.29, 0.717) is 6.61 Å². The van der Waals surface area contributed by atoms with Gasteiger partial charge < -0.3 is 9.57 Å². The summed E-state index contributed by atoms with van der Waals surface area (Å²) < 4.78 is 5.50. The first-order chi connectivity index (χ1) is 7.33. The molecule has 0 amide bonds. The van der Waals surface area contributed by atoms with Crippen LogP contribution < -0.4 is 4.74 Å². The van der Waals surface area contributed by atoms with E-state index in [4.69, 9.17) is 9.57 Å². The summed E-state index contributed by atoms with van der Waals surface area (Å²) in [6.07, 6.45) is 0.963. The maximum atomic E-state index is 5.50. The number of rotatable bonds is 3. The Labute approximate surface area is 89.7 Å².